The number of ketones is 1. The van der Waals surface area contributed by atoms with Crippen molar-refractivity contribution in [1.29, 1.82) is 0 Å². The van der Waals surface area contributed by atoms with E-state index in [0.717, 1.165) is 25.7 Å². The molecular weight excluding hydrogens is 751 g/mol. The van der Waals surface area contributed by atoms with Crippen LogP contribution in [0.5, 0.6) is 0 Å². The number of carbonyl (C=O) groups is 1. The number of fused-ring (bicyclic) bond motifs is 4. The molecule has 4 aromatic rings. The van der Waals surface area contributed by atoms with Crippen molar-refractivity contribution in [1.82, 2.24) is 4.98 Å². The van der Waals surface area contributed by atoms with E-state index < -0.39 is 16.1 Å². The summed E-state index contributed by atoms with van der Waals surface area (Å²) < 4.78 is 0. The summed E-state index contributed by atoms with van der Waals surface area (Å²) in [6.07, 6.45) is 6.96. The Morgan fingerprint density at radius 1 is 0.818 bits per heavy atom. The van der Waals surface area contributed by atoms with E-state index in [-0.39, 0.29) is 43.5 Å². The van der Waals surface area contributed by atoms with Gasteiger partial charge in [-0.2, -0.15) is 0 Å². The molecule has 3 nitrogen and oxygen atoms in total. The van der Waals surface area contributed by atoms with Crippen molar-refractivity contribution in [3.05, 3.63) is 78.7 Å². The fourth-order valence-corrected chi connectivity index (χ4v) is 13.9. The third-order valence-electron chi connectivity index (χ3n) is 10.1. The maximum Gasteiger partial charge on any atom is 0.162 e. The number of carbonyl (C=O) groups excluding carboxylic acids is 1. The molecule has 0 spiro atoms. The van der Waals surface area contributed by atoms with Crippen LogP contribution in [0.1, 0.15) is 53.4 Å². The Labute approximate surface area is 279 Å². The first kappa shape index (κ1) is 34.2. The second-order valence-corrected chi connectivity index (χ2v) is 21.8. The fraction of sp³-hybridized carbons (Fsp3) is 0.368. The van der Waals surface area contributed by atoms with Gasteiger partial charge >= 0.3 is 0 Å². The zero-order chi connectivity index (χ0) is 31.1. The Morgan fingerprint density at radius 3 is 2.05 bits per heavy atom. The predicted octanol–water partition coefficient (Wildman–Crippen LogP) is 7.51. The Balaban J connectivity index is 0.000000239. The monoisotopic (exact) mass is 797 g/mol. The van der Waals surface area contributed by atoms with Crippen molar-refractivity contribution in [2.24, 2.45) is 11.8 Å². The van der Waals surface area contributed by atoms with Gasteiger partial charge in [0, 0.05) is 44.2 Å². The van der Waals surface area contributed by atoms with E-state index in [0.29, 0.717) is 0 Å². The van der Waals surface area contributed by atoms with Gasteiger partial charge in [0.05, 0.1) is 13.8 Å². The SMILES string of the molecule is CCC(CC)C(=O)/C=C(\O)C(CC)CC.C[Si]1(C)c2cc[c-]c3c2-c2c1cccc2[Si](C)(C)c1c-3ncc2ccccc12.[Ir]. The van der Waals surface area contributed by atoms with Crippen molar-refractivity contribution in [3.63, 3.8) is 0 Å². The number of aliphatic hydroxyl groups is 1. The quantitative estimate of drug-likeness (QED) is 0.0913. The van der Waals surface area contributed by atoms with Gasteiger partial charge in [0.2, 0.25) is 0 Å². The van der Waals surface area contributed by atoms with Crippen LogP contribution in [0.25, 0.3) is 33.2 Å². The number of hydrogen-bond donors (Lipinski definition) is 1. The van der Waals surface area contributed by atoms with Crippen LogP contribution in [0.4, 0.5) is 0 Å². The van der Waals surface area contributed by atoms with Crippen LogP contribution in [0.2, 0.25) is 26.2 Å². The second-order valence-electron chi connectivity index (χ2n) is 13.2. The number of aliphatic hydroxyl groups excluding tert-OH is 1. The van der Waals surface area contributed by atoms with Crippen molar-refractivity contribution in [3.8, 4) is 22.4 Å². The molecule has 1 radical (unpaired) electrons. The first-order valence-corrected chi connectivity index (χ1v) is 22.0. The standard InChI is InChI=1S/C25H22NSi2.C13H24O2.Ir/c1-27(2)19-12-7-11-18-22(19)23-20(27)13-8-14-21(23)28(3,4)25-17-10-6-5-9-16(17)15-26-24(18)25;1-5-10(6-2)12(14)9-13(15)11(7-3)8-4;/h5-10,12-15H,1-4H3;9-11,14H,5-8H2,1-4H3;/q-1;;/b;12-9-;. The van der Waals surface area contributed by atoms with Gasteiger partial charge in [0.1, 0.15) is 8.07 Å². The molecule has 6 heteroatoms. The molecule has 0 unspecified atom stereocenters. The Bertz CT molecular complexity index is 1720. The summed E-state index contributed by atoms with van der Waals surface area (Å²) >= 11 is 0. The minimum atomic E-state index is -1.97. The predicted molar refractivity (Wildman–Crippen MR) is 189 cm³/mol. The zero-order valence-corrected chi connectivity index (χ0v) is 31.9. The Morgan fingerprint density at radius 2 is 1.41 bits per heavy atom. The minimum Gasteiger partial charge on any atom is -0.512 e. The molecule has 0 amide bonds. The van der Waals surface area contributed by atoms with Gasteiger partial charge in [-0.3, -0.25) is 4.79 Å². The van der Waals surface area contributed by atoms with Crippen molar-refractivity contribution >= 4 is 53.5 Å². The van der Waals surface area contributed by atoms with E-state index in [1.54, 1.807) is 15.6 Å². The first-order chi connectivity index (χ1) is 20.5. The molecule has 0 atom stereocenters. The van der Waals surface area contributed by atoms with Gasteiger partial charge in [-0.05, 0) is 42.1 Å². The van der Waals surface area contributed by atoms with Crippen molar-refractivity contribution < 1.29 is 30.0 Å². The fourth-order valence-electron chi connectivity index (χ4n) is 7.37. The largest absolute Gasteiger partial charge is 0.512 e. The van der Waals surface area contributed by atoms with Crippen LogP contribution >= 0.6 is 0 Å². The van der Waals surface area contributed by atoms with Crippen LogP contribution in [0, 0.1) is 17.9 Å². The summed E-state index contributed by atoms with van der Waals surface area (Å²) in [7, 11) is -3.65. The Kier molecular flexibility index (Phi) is 10.4. The van der Waals surface area contributed by atoms with E-state index >= 15 is 0 Å². The number of nitrogens with zero attached hydrogens (tertiary/aromatic N) is 1. The van der Waals surface area contributed by atoms with Gasteiger partial charge in [-0.15, -0.1) is 28.9 Å². The summed E-state index contributed by atoms with van der Waals surface area (Å²) in [6, 6.07) is 23.9. The van der Waals surface area contributed by atoms with E-state index in [2.05, 4.69) is 93.0 Å². The van der Waals surface area contributed by atoms with Crippen molar-refractivity contribution in [2.45, 2.75) is 79.6 Å². The molecule has 3 heterocycles. The molecule has 0 saturated carbocycles. The summed E-state index contributed by atoms with van der Waals surface area (Å²) in [4.78, 5) is 16.8. The Hall–Kier alpha value is -2.64. The number of pyridine rings is 1. The maximum atomic E-state index is 11.7. The van der Waals surface area contributed by atoms with Gasteiger partial charge < -0.3 is 10.1 Å². The summed E-state index contributed by atoms with van der Waals surface area (Å²) in [6.45, 7) is 18.1. The molecule has 6 rings (SSSR count). The molecule has 2 aliphatic heterocycles. The summed E-state index contributed by atoms with van der Waals surface area (Å²) in [5.41, 5.74) is 5.36. The second kappa shape index (κ2) is 13.4. The molecule has 0 saturated heterocycles. The number of hydrogen-bond acceptors (Lipinski definition) is 3. The average Bonchev–Trinajstić information content (AvgIpc) is 3.19. The minimum absolute atomic E-state index is 0. The molecule has 1 N–H and O–H groups in total. The molecule has 44 heavy (non-hydrogen) atoms. The van der Waals surface area contributed by atoms with Gasteiger partial charge in [-0.25, -0.2) is 0 Å². The average molecular weight is 797 g/mol. The third-order valence-corrected chi connectivity index (χ3v) is 17.1. The number of rotatable bonds is 7. The molecule has 0 fully saturated rings. The zero-order valence-electron chi connectivity index (χ0n) is 27.5. The molecular formula is C38H46IrNO2Si2-. The molecule has 3 aromatic carbocycles. The number of allylic oxidation sites excluding steroid dienone is 2. The molecule has 0 aliphatic carbocycles. The van der Waals surface area contributed by atoms with E-state index in [1.807, 2.05) is 27.7 Å². The van der Waals surface area contributed by atoms with Gasteiger partial charge in [-0.1, -0.05) is 123 Å². The van der Waals surface area contributed by atoms with Crippen LogP contribution in [-0.2, 0) is 24.9 Å². The first-order valence-electron chi connectivity index (χ1n) is 16.0. The molecule has 233 valence electrons. The van der Waals surface area contributed by atoms with Crippen LogP contribution in [0.3, 0.4) is 0 Å². The number of aromatic nitrogens is 1. The molecule has 2 aliphatic rings. The van der Waals surface area contributed by atoms with Gasteiger partial charge in [0.25, 0.3) is 0 Å². The molecule has 1 aromatic heterocycles. The smallest absolute Gasteiger partial charge is 0.162 e. The normalized spacial score (nSPS) is 15.2. The third kappa shape index (κ3) is 5.64. The van der Waals surface area contributed by atoms with Crippen LogP contribution < -0.4 is 20.7 Å². The summed E-state index contributed by atoms with van der Waals surface area (Å²) in [5, 5.41) is 18.6. The van der Waals surface area contributed by atoms with Crippen molar-refractivity contribution in [2.75, 3.05) is 0 Å². The summed E-state index contributed by atoms with van der Waals surface area (Å²) in [5.74, 6) is 0.547. The maximum absolute atomic E-state index is 11.7. The van der Waals surface area contributed by atoms with E-state index in [9.17, 15) is 9.90 Å². The molecule has 0 bridgehead atoms. The topological polar surface area (TPSA) is 50.2 Å². The van der Waals surface area contributed by atoms with Gasteiger partial charge in [0.15, 0.2) is 5.78 Å². The number of benzene rings is 3. The van der Waals surface area contributed by atoms with Crippen LogP contribution in [-0.4, -0.2) is 32.0 Å². The van der Waals surface area contributed by atoms with E-state index in [1.165, 1.54) is 44.4 Å². The van der Waals surface area contributed by atoms with E-state index in [4.69, 9.17) is 4.98 Å². The van der Waals surface area contributed by atoms with Crippen LogP contribution in [0.15, 0.2) is 72.6 Å².